The molecule has 0 fully saturated rings. The number of aromatic hydroxyl groups is 1. The van der Waals surface area contributed by atoms with E-state index >= 15 is 0 Å². The Bertz CT molecular complexity index is 379. The van der Waals surface area contributed by atoms with Gasteiger partial charge in [-0.25, -0.2) is 0 Å². The lowest BCUT2D eigenvalue weighted by molar-refractivity contribution is 0.325. The zero-order valence-corrected chi connectivity index (χ0v) is 10.1. The second-order valence-electron chi connectivity index (χ2n) is 2.77. The monoisotopic (exact) mass is 273 g/mol. The Hall–Kier alpha value is -1.23. The number of phenolic OH excluding ortho intramolecular Hbond substituents is 1. The van der Waals surface area contributed by atoms with Crippen LogP contribution in [0.25, 0.3) is 0 Å². The van der Waals surface area contributed by atoms with Crippen molar-refractivity contribution in [3.05, 3.63) is 22.2 Å². The van der Waals surface area contributed by atoms with Crippen molar-refractivity contribution in [1.82, 2.24) is 0 Å². The van der Waals surface area contributed by atoms with Crippen LogP contribution < -0.4 is 4.74 Å². The predicted molar refractivity (Wildman–Crippen MR) is 60.8 cm³/mol. The van der Waals surface area contributed by atoms with E-state index in [1.165, 1.54) is 7.11 Å². The van der Waals surface area contributed by atoms with Gasteiger partial charge in [0.2, 0.25) is 5.90 Å². The molecule has 0 atom stereocenters. The van der Waals surface area contributed by atoms with Gasteiger partial charge >= 0.3 is 0 Å². The summed E-state index contributed by atoms with van der Waals surface area (Å²) in [5.41, 5.74) is 0.554. The molecule has 0 unspecified atom stereocenters. The van der Waals surface area contributed by atoms with Crippen molar-refractivity contribution in [3.63, 3.8) is 0 Å². The van der Waals surface area contributed by atoms with E-state index in [0.29, 0.717) is 22.4 Å². The molecule has 0 spiro atoms. The molecule has 0 aliphatic carbocycles. The number of hydrogen-bond donors (Lipinski definition) is 2. The van der Waals surface area contributed by atoms with Gasteiger partial charge in [-0.15, -0.1) is 0 Å². The Balaban J connectivity index is 3.10. The van der Waals surface area contributed by atoms with Gasteiger partial charge in [0, 0.05) is 5.56 Å². The topological polar surface area (TPSA) is 62.5 Å². The largest absolute Gasteiger partial charge is 0.503 e. The van der Waals surface area contributed by atoms with Gasteiger partial charge in [-0.3, -0.25) is 5.41 Å². The zero-order valence-electron chi connectivity index (χ0n) is 8.50. The Morgan fingerprint density at radius 2 is 2.20 bits per heavy atom. The van der Waals surface area contributed by atoms with Crippen LogP contribution >= 0.6 is 15.9 Å². The summed E-state index contributed by atoms with van der Waals surface area (Å²) < 4.78 is 10.5. The number of hydrogen-bond acceptors (Lipinski definition) is 4. The van der Waals surface area contributed by atoms with Crippen molar-refractivity contribution in [2.75, 3.05) is 13.7 Å². The number of rotatable bonds is 3. The Morgan fingerprint density at radius 1 is 1.53 bits per heavy atom. The van der Waals surface area contributed by atoms with Gasteiger partial charge in [-0.05, 0) is 35.0 Å². The molecule has 1 aromatic carbocycles. The average Bonchev–Trinajstić information content (AvgIpc) is 2.22. The number of nitrogens with one attached hydrogen (secondary N) is 1. The van der Waals surface area contributed by atoms with Crippen molar-refractivity contribution < 1.29 is 14.6 Å². The fourth-order valence-electron chi connectivity index (χ4n) is 1.09. The summed E-state index contributed by atoms with van der Waals surface area (Å²) in [5, 5.41) is 17.1. The van der Waals surface area contributed by atoms with Crippen molar-refractivity contribution in [1.29, 1.82) is 5.41 Å². The maximum absolute atomic E-state index is 9.55. The summed E-state index contributed by atoms with van der Waals surface area (Å²) in [7, 11) is 1.45. The predicted octanol–water partition coefficient (Wildman–Crippen LogP) is 2.53. The number of ether oxygens (including phenoxy) is 2. The minimum Gasteiger partial charge on any atom is -0.503 e. The third-order valence-electron chi connectivity index (χ3n) is 1.80. The van der Waals surface area contributed by atoms with Gasteiger partial charge in [0.1, 0.15) is 0 Å². The molecule has 0 aromatic heterocycles. The lowest BCUT2D eigenvalue weighted by atomic mass is 10.2. The molecule has 1 aromatic rings. The van der Waals surface area contributed by atoms with Crippen LogP contribution in [0.1, 0.15) is 12.5 Å². The van der Waals surface area contributed by atoms with Gasteiger partial charge in [0.25, 0.3) is 0 Å². The van der Waals surface area contributed by atoms with E-state index in [9.17, 15) is 5.11 Å². The van der Waals surface area contributed by atoms with Crippen LogP contribution in [0.2, 0.25) is 0 Å². The van der Waals surface area contributed by atoms with Crippen LogP contribution in [-0.2, 0) is 4.74 Å². The second-order valence-corrected chi connectivity index (χ2v) is 3.63. The Morgan fingerprint density at radius 3 is 2.73 bits per heavy atom. The van der Waals surface area contributed by atoms with Crippen LogP contribution in [-0.4, -0.2) is 24.7 Å². The van der Waals surface area contributed by atoms with Crippen molar-refractivity contribution in [2.24, 2.45) is 0 Å². The average molecular weight is 274 g/mol. The molecule has 4 nitrogen and oxygen atoms in total. The summed E-state index contributed by atoms with van der Waals surface area (Å²) in [6.07, 6.45) is 0. The van der Waals surface area contributed by atoms with Gasteiger partial charge in [0.15, 0.2) is 11.5 Å². The van der Waals surface area contributed by atoms with E-state index in [-0.39, 0.29) is 11.6 Å². The highest BCUT2D eigenvalue weighted by Gasteiger charge is 2.11. The van der Waals surface area contributed by atoms with Crippen LogP contribution in [0.4, 0.5) is 0 Å². The van der Waals surface area contributed by atoms with E-state index in [2.05, 4.69) is 15.9 Å². The molecule has 0 amide bonds. The summed E-state index contributed by atoms with van der Waals surface area (Å²) in [4.78, 5) is 0. The summed E-state index contributed by atoms with van der Waals surface area (Å²) in [6.45, 7) is 2.24. The molecule has 0 saturated heterocycles. The quantitative estimate of drug-likeness (QED) is 0.657. The fourth-order valence-corrected chi connectivity index (χ4v) is 1.53. The number of halogens is 1. The highest BCUT2D eigenvalue weighted by molar-refractivity contribution is 9.10. The first kappa shape index (κ1) is 11.8. The standard InChI is InChI=1S/C10H12BrNO3/c1-3-15-10(12)6-4-7(11)9(13)8(5-6)14-2/h4-5,12-13H,3H2,1-2H3. The molecule has 0 aliphatic heterocycles. The molecular formula is C10H12BrNO3. The molecule has 0 radical (unpaired) electrons. The SMILES string of the molecule is CCOC(=N)c1cc(Br)c(O)c(OC)c1. The summed E-state index contributed by atoms with van der Waals surface area (Å²) in [6, 6.07) is 3.16. The fraction of sp³-hybridized carbons (Fsp3) is 0.300. The molecule has 2 N–H and O–H groups in total. The maximum atomic E-state index is 9.55. The lowest BCUT2D eigenvalue weighted by Crippen LogP contribution is -2.05. The second kappa shape index (κ2) is 5.02. The molecule has 0 bridgehead atoms. The molecule has 1 rings (SSSR count). The molecule has 82 valence electrons. The van der Waals surface area contributed by atoms with Crippen LogP contribution in [0.3, 0.4) is 0 Å². The van der Waals surface area contributed by atoms with Crippen molar-refractivity contribution >= 4 is 21.8 Å². The van der Waals surface area contributed by atoms with Gasteiger partial charge in [-0.1, -0.05) is 0 Å². The first-order valence-electron chi connectivity index (χ1n) is 4.38. The minimum absolute atomic E-state index is 0.0190. The molecule has 0 aliphatic rings. The number of phenols is 1. The van der Waals surface area contributed by atoms with Crippen molar-refractivity contribution in [2.45, 2.75) is 6.92 Å². The Kier molecular flexibility index (Phi) is 3.96. The number of benzene rings is 1. The first-order valence-corrected chi connectivity index (χ1v) is 5.17. The van der Waals surface area contributed by atoms with E-state index in [4.69, 9.17) is 14.9 Å². The van der Waals surface area contributed by atoms with Crippen LogP contribution in [0.15, 0.2) is 16.6 Å². The normalized spacial score (nSPS) is 9.80. The molecule has 0 heterocycles. The Labute approximate surface area is 96.5 Å². The van der Waals surface area contributed by atoms with Gasteiger partial charge in [0.05, 0.1) is 18.2 Å². The number of methoxy groups -OCH3 is 1. The van der Waals surface area contributed by atoms with Gasteiger partial charge < -0.3 is 14.6 Å². The van der Waals surface area contributed by atoms with Crippen molar-refractivity contribution in [3.8, 4) is 11.5 Å². The molecular weight excluding hydrogens is 262 g/mol. The highest BCUT2D eigenvalue weighted by atomic mass is 79.9. The van der Waals surface area contributed by atoms with E-state index in [0.717, 1.165) is 0 Å². The summed E-state index contributed by atoms with van der Waals surface area (Å²) >= 11 is 3.17. The smallest absolute Gasteiger partial charge is 0.213 e. The van der Waals surface area contributed by atoms with Crippen LogP contribution in [0.5, 0.6) is 11.5 Å². The van der Waals surface area contributed by atoms with E-state index in [1.807, 2.05) is 0 Å². The summed E-state index contributed by atoms with van der Waals surface area (Å²) in [5.74, 6) is 0.380. The third-order valence-corrected chi connectivity index (χ3v) is 2.40. The molecule has 5 heteroatoms. The lowest BCUT2D eigenvalue weighted by Gasteiger charge is -2.09. The van der Waals surface area contributed by atoms with Gasteiger partial charge in [-0.2, -0.15) is 0 Å². The van der Waals surface area contributed by atoms with E-state index < -0.39 is 0 Å². The third kappa shape index (κ3) is 2.62. The molecule has 15 heavy (non-hydrogen) atoms. The minimum atomic E-state index is 0.0190. The molecule has 0 saturated carbocycles. The maximum Gasteiger partial charge on any atom is 0.213 e. The zero-order chi connectivity index (χ0) is 11.4. The first-order chi connectivity index (χ1) is 7.10. The highest BCUT2D eigenvalue weighted by Crippen LogP contribution is 2.35. The van der Waals surface area contributed by atoms with E-state index in [1.54, 1.807) is 19.1 Å². The van der Waals surface area contributed by atoms with Crippen LogP contribution in [0, 0.1) is 5.41 Å².